The van der Waals surface area contributed by atoms with E-state index in [1.54, 1.807) is 32.5 Å². The normalized spacial score (nSPS) is 11.7. The molecular formula is C15H15FN6O. The Bertz CT molecular complexity index is 894. The fourth-order valence-electron chi connectivity index (χ4n) is 2.23. The van der Waals surface area contributed by atoms with Gasteiger partial charge >= 0.3 is 0 Å². The molecule has 0 unspecified atom stereocenters. The number of pyridine rings is 1. The number of aromatic nitrogens is 3. The standard InChI is InChI=1S/C15H15FN6O/c1-18-15(11-3-4-12(21-11)23-2)22-13(17)10-7-20-14-9(10)5-8(16)6-19-14/h3-7,21H,1-2H3,(H,19,20)(H2,17,18,22). The lowest BCUT2D eigenvalue weighted by Gasteiger charge is -2.04. The molecule has 3 aromatic rings. The van der Waals surface area contributed by atoms with Crippen LogP contribution < -0.4 is 10.1 Å². The third-order valence-corrected chi connectivity index (χ3v) is 3.35. The van der Waals surface area contributed by atoms with Crippen LogP contribution in [0.1, 0.15) is 11.3 Å². The van der Waals surface area contributed by atoms with Crippen molar-refractivity contribution < 1.29 is 9.13 Å². The van der Waals surface area contributed by atoms with Crippen LogP contribution in [-0.4, -0.2) is 40.8 Å². The number of H-pyrrole nitrogens is 2. The number of hydrogen-bond donors (Lipinski definition) is 4. The predicted octanol–water partition coefficient (Wildman–Crippen LogP) is 2.03. The first-order valence-electron chi connectivity index (χ1n) is 6.83. The van der Waals surface area contributed by atoms with E-state index < -0.39 is 5.82 Å². The highest BCUT2D eigenvalue weighted by molar-refractivity contribution is 6.14. The monoisotopic (exact) mass is 314 g/mol. The Morgan fingerprint density at radius 2 is 2.26 bits per heavy atom. The van der Waals surface area contributed by atoms with Crippen LogP contribution in [0.3, 0.4) is 0 Å². The number of amidine groups is 2. The summed E-state index contributed by atoms with van der Waals surface area (Å²) in [6.07, 6.45) is 2.71. The molecule has 0 spiro atoms. The number of nitrogens with one attached hydrogen (secondary N) is 4. The third-order valence-electron chi connectivity index (χ3n) is 3.35. The van der Waals surface area contributed by atoms with Crippen LogP contribution in [0.5, 0.6) is 5.88 Å². The summed E-state index contributed by atoms with van der Waals surface area (Å²) in [5.41, 5.74) is 1.66. The molecule has 0 amide bonds. The van der Waals surface area contributed by atoms with Crippen molar-refractivity contribution in [2.75, 3.05) is 14.2 Å². The summed E-state index contributed by atoms with van der Waals surface area (Å²) in [6.45, 7) is 0. The molecule has 23 heavy (non-hydrogen) atoms. The molecule has 0 fully saturated rings. The first-order chi connectivity index (χ1) is 11.1. The largest absolute Gasteiger partial charge is 0.482 e. The number of aliphatic imine (C=N–C) groups is 1. The van der Waals surface area contributed by atoms with E-state index >= 15 is 0 Å². The van der Waals surface area contributed by atoms with Crippen molar-refractivity contribution >= 4 is 22.7 Å². The molecule has 0 saturated heterocycles. The number of methoxy groups -OCH3 is 1. The van der Waals surface area contributed by atoms with Gasteiger partial charge in [0.05, 0.1) is 19.0 Å². The zero-order valence-corrected chi connectivity index (χ0v) is 12.6. The number of nitrogens with zero attached hydrogens (tertiary/aromatic N) is 2. The molecule has 0 bridgehead atoms. The smallest absolute Gasteiger partial charge is 0.190 e. The molecule has 0 aliphatic carbocycles. The Balaban J connectivity index is 1.98. The molecular weight excluding hydrogens is 299 g/mol. The first-order valence-corrected chi connectivity index (χ1v) is 6.83. The predicted molar refractivity (Wildman–Crippen MR) is 85.8 cm³/mol. The summed E-state index contributed by atoms with van der Waals surface area (Å²) in [6, 6.07) is 4.88. The number of ether oxygens (including phenoxy) is 1. The second-order valence-electron chi connectivity index (χ2n) is 4.75. The summed E-state index contributed by atoms with van der Waals surface area (Å²) in [5, 5.41) is 11.6. The van der Waals surface area contributed by atoms with Gasteiger partial charge in [0.2, 0.25) is 0 Å². The molecule has 0 aromatic carbocycles. The molecule has 0 atom stereocenters. The van der Waals surface area contributed by atoms with E-state index in [2.05, 4.69) is 25.3 Å². The Morgan fingerprint density at radius 1 is 1.43 bits per heavy atom. The maximum absolute atomic E-state index is 13.4. The van der Waals surface area contributed by atoms with Gasteiger partial charge in [0.1, 0.15) is 11.5 Å². The third kappa shape index (κ3) is 2.78. The minimum Gasteiger partial charge on any atom is -0.482 e. The minimum absolute atomic E-state index is 0.0124. The van der Waals surface area contributed by atoms with E-state index in [0.717, 1.165) is 6.20 Å². The lowest BCUT2D eigenvalue weighted by Crippen LogP contribution is -2.21. The van der Waals surface area contributed by atoms with Crippen molar-refractivity contribution in [2.45, 2.75) is 0 Å². The second-order valence-corrected chi connectivity index (χ2v) is 4.75. The number of rotatable bonds is 3. The molecule has 3 rings (SSSR count). The van der Waals surface area contributed by atoms with Gasteiger partial charge in [0.15, 0.2) is 17.6 Å². The van der Waals surface area contributed by atoms with Crippen LogP contribution in [0.15, 0.2) is 35.6 Å². The average Bonchev–Trinajstić information content (AvgIpc) is 3.18. The highest BCUT2D eigenvalue weighted by Crippen LogP contribution is 2.18. The summed E-state index contributed by atoms with van der Waals surface area (Å²) >= 11 is 0. The highest BCUT2D eigenvalue weighted by Gasteiger charge is 2.12. The van der Waals surface area contributed by atoms with E-state index in [9.17, 15) is 4.39 Å². The van der Waals surface area contributed by atoms with Crippen LogP contribution in [0.4, 0.5) is 4.39 Å². The van der Waals surface area contributed by atoms with Crippen LogP contribution in [0.25, 0.3) is 11.0 Å². The molecule has 0 saturated carbocycles. The van der Waals surface area contributed by atoms with Gasteiger partial charge in [0, 0.05) is 30.3 Å². The minimum atomic E-state index is -0.460. The quantitative estimate of drug-likeness (QED) is 0.439. The van der Waals surface area contributed by atoms with Crippen LogP contribution in [0, 0.1) is 11.2 Å². The molecule has 3 heterocycles. The van der Waals surface area contributed by atoms with Crippen molar-refractivity contribution in [1.29, 1.82) is 5.41 Å². The van der Waals surface area contributed by atoms with Crippen LogP contribution in [-0.2, 0) is 0 Å². The Kier molecular flexibility index (Phi) is 3.80. The summed E-state index contributed by atoms with van der Waals surface area (Å²) in [4.78, 5) is 14.1. The molecule has 118 valence electrons. The zero-order valence-electron chi connectivity index (χ0n) is 12.6. The van der Waals surface area contributed by atoms with Gasteiger partial charge < -0.3 is 20.0 Å². The number of fused-ring (bicyclic) bond motifs is 1. The van der Waals surface area contributed by atoms with Crippen LogP contribution in [0.2, 0.25) is 0 Å². The van der Waals surface area contributed by atoms with Crippen molar-refractivity contribution in [3.05, 3.63) is 47.7 Å². The fraction of sp³-hybridized carbons (Fsp3) is 0.133. The van der Waals surface area contributed by atoms with E-state index in [0.29, 0.717) is 34.0 Å². The Morgan fingerprint density at radius 3 is 2.96 bits per heavy atom. The SMILES string of the molecule is CN/C(=N/C(=N)c1c[nH]c2ncc(F)cc12)c1ccc(OC)[nH]1. The average molecular weight is 314 g/mol. The molecule has 8 heteroatoms. The van der Waals surface area contributed by atoms with Crippen molar-refractivity contribution in [2.24, 2.45) is 4.99 Å². The van der Waals surface area contributed by atoms with Gasteiger partial charge in [0.25, 0.3) is 0 Å². The summed E-state index contributed by atoms with van der Waals surface area (Å²) < 4.78 is 18.5. The highest BCUT2D eigenvalue weighted by atomic mass is 19.1. The van der Waals surface area contributed by atoms with Crippen molar-refractivity contribution in [3.8, 4) is 5.88 Å². The maximum Gasteiger partial charge on any atom is 0.190 e. The van der Waals surface area contributed by atoms with E-state index in [-0.39, 0.29) is 5.84 Å². The van der Waals surface area contributed by atoms with Gasteiger partial charge in [-0.3, -0.25) is 5.41 Å². The summed E-state index contributed by atoms with van der Waals surface area (Å²) in [7, 11) is 3.26. The topological polar surface area (TPSA) is 102 Å². The molecule has 7 nitrogen and oxygen atoms in total. The Labute approximate surface area is 131 Å². The zero-order chi connectivity index (χ0) is 16.4. The van der Waals surface area contributed by atoms with Gasteiger partial charge in [-0.05, 0) is 12.1 Å². The molecule has 0 aliphatic rings. The number of aromatic amines is 2. The number of hydrogen-bond acceptors (Lipinski definition) is 3. The Hall–Kier alpha value is -3.16. The second kappa shape index (κ2) is 5.91. The van der Waals surface area contributed by atoms with E-state index in [1.807, 2.05) is 0 Å². The lowest BCUT2D eigenvalue weighted by molar-refractivity contribution is 0.400. The van der Waals surface area contributed by atoms with Gasteiger partial charge in [-0.25, -0.2) is 14.4 Å². The lowest BCUT2D eigenvalue weighted by atomic mass is 10.2. The maximum atomic E-state index is 13.4. The molecule has 0 radical (unpaired) electrons. The molecule has 0 aliphatic heterocycles. The number of halogens is 1. The van der Waals surface area contributed by atoms with Gasteiger partial charge in [-0.1, -0.05) is 0 Å². The summed E-state index contributed by atoms with van der Waals surface area (Å²) in [5.74, 6) is 0.587. The van der Waals surface area contributed by atoms with Crippen LogP contribution >= 0.6 is 0 Å². The van der Waals surface area contributed by atoms with E-state index in [1.165, 1.54) is 6.07 Å². The van der Waals surface area contributed by atoms with Crippen molar-refractivity contribution in [1.82, 2.24) is 20.3 Å². The van der Waals surface area contributed by atoms with Crippen molar-refractivity contribution in [3.63, 3.8) is 0 Å². The molecule has 4 N–H and O–H groups in total. The van der Waals surface area contributed by atoms with Gasteiger partial charge in [-0.15, -0.1) is 0 Å². The van der Waals surface area contributed by atoms with E-state index in [4.69, 9.17) is 10.1 Å². The first kappa shape index (κ1) is 14.8. The van der Waals surface area contributed by atoms with Gasteiger partial charge in [-0.2, -0.15) is 0 Å². The molecule has 3 aromatic heterocycles. The fourth-order valence-corrected chi connectivity index (χ4v) is 2.23.